The quantitative estimate of drug-likeness (QED) is 0.627. The molecule has 0 fully saturated rings. The van der Waals surface area contributed by atoms with Crippen molar-refractivity contribution in [3.8, 4) is 0 Å². The van der Waals surface area contributed by atoms with Crippen molar-refractivity contribution in [3.05, 3.63) is 51.0 Å². The highest BCUT2D eigenvalue weighted by molar-refractivity contribution is 7.14. The van der Waals surface area contributed by atoms with Crippen LogP contribution in [0.5, 0.6) is 0 Å². The van der Waals surface area contributed by atoms with Crippen LogP contribution < -0.4 is 0 Å². The van der Waals surface area contributed by atoms with E-state index >= 15 is 0 Å². The maximum Gasteiger partial charge on any atom is 0.358 e. The summed E-state index contributed by atoms with van der Waals surface area (Å²) in [4.78, 5) is 28.2. The Labute approximate surface area is 127 Å². The monoisotopic (exact) mass is 303 g/mol. The first kappa shape index (κ1) is 15.4. The van der Waals surface area contributed by atoms with Crippen LogP contribution in [0, 0.1) is 6.92 Å². The number of ether oxygens (including phenoxy) is 1. The zero-order valence-electron chi connectivity index (χ0n) is 12.3. The number of esters is 1. The molecule has 2 rings (SSSR count). The fourth-order valence-corrected chi connectivity index (χ4v) is 2.88. The fourth-order valence-electron chi connectivity index (χ4n) is 1.90. The Morgan fingerprint density at radius 3 is 2.48 bits per heavy atom. The Morgan fingerprint density at radius 1 is 1.24 bits per heavy atom. The number of carbonyl (C=O) groups excluding carboxylic acids is 2. The Bertz CT molecular complexity index is 659. The van der Waals surface area contributed by atoms with Gasteiger partial charge >= 0.3 is 5.97 Å². The lowest BCUT2D eigenvalue weighted by Crippen LogP contribution is -2.09. The standard InChI is InChI=1S/C16H17NO3S/c1-4-20-16(19)14-15(11(3)18)21-13(17-14)9-12-7-5-10(2)6-8-12/h5-8H,4,9H2,1-3H3. The second-order valence-electron chi connectivity index (χ2n) is 4.72. The number of ketones is 1. The topological polar surface area (TPSA) is 56.3 Å². The van der Waals surface area contributed by atoms with E-state index in [1.807, 2.05) is 31.2 Å². The third kappa shape index (κ3) is 3.76. The minimum Gasteiger partial charge on any atom is -0.461 e. The summed E-state index contributed by atoms with van der Waals surface area (Å²) in [5.41, 5.74) is 2.42. The average Bonchev–Trinajstić information content (AvgIpc) is 2.86. The molecule has 1 heterocycles. The van der Waals surface area contributed by atoms with Crippen LogP contribution in [0.4, 0.5) is 0 Å². The van der Waals surface area contributed by atoms with E-state index in [1.54, 1.807) is 6.92 Å². The number of benzene rings is 1. The van der Waals surface area contributed by atoms with Gasteiger partial charge in [-0.05, 0) is 19.4 Å². The van der Waals surface area contributed by atoms with Crippen LogP contribution in [-0.4, -0.2) is 23.3 Å². The van der Waals surface area contributed by atoms with Gasteiger partial charge in [-0.3, -0.25) is 4.79 Å². The van der Waals surface area contributed by atoms with Crippen LogP contribution in [0.1, 0.15) is 50.1 Å². The number of Topliss-reactive ketones (excluding diaryl/α,β-unsaturated/α-hetero) is 1. The Morgan fingerprint density at radius 2 is 1.90 bits per heavy atom. The predicted octanol–water partition coefficient (Wildman–Crippen LogP) is 3.42. The van der Waals surface area contributed by atoms with E-state index in [2.05, 4.69) is 4.98 Å². The van der Waals surface area contributed by atoms with E-state index in [4.69, 9.17) is 4.74 Å². The van der Waals surface area contributed by atoms with Gasteiger partial charge in [0.15, 0.2) is 11.5 Å². The molecule has 0 spiro atoms. The number of aryl methyl sites for hydroxylation is 1. The second kappa shape index (κ2) is 6.63. The SMILES string of the molecule is CCOC(=O)c1nc(Cc2ccc(C)cc2)sc1C(C)=O. The lowest BCUT2D eigenvalue weighted by Gasteiger charge is -1.99. The van der Waals surface area contributed by atoms with Gasteiger partial charge in [-0.1, -0.05) is 29.8 Å². The molecule has 1 aromatic carbocycles. The van der Waals surface area contributed by atoms with Crippen LogP contribution in [-0.2, 0) is 11.2 Å². The third-order valence-corrected chi connectivity index (χ3v) is 4.09. The van der Waals surface area contributed by atoms with Crippen molar-refractivity contribution in [3.63, 3.8) is 0 Å². The van der Waals surface area contributed by atoms with Crippen molar-refractivity contribution < 1.29 is 14.3 Å². The van der Waals surface area contributed by atoms with Gasteiger partial charge in [-0.25, -0.2) is 9.78 Å². The van der Waals surface area contributed by atoms with Gasteiger partial charge < -0.3 is 4.74 Å². The molecule has 0 N–H and O–H groups in total. The summed E-state index contributed by atoms with van der Waals surface area (Å²) in [7, 11) is 0. The summed E-state index contributed by atoms with van der Waals surface area (Å²) in [6.07, 6.45) is 0.602. The number of nitrogens with zero attached hydrogens (tertiary/aromatic N) is 1. The normalized spacial score (nSPS) is 10.4. The molecule has 0 amide bonds. The maximum atomic E-state index is 11.9. The van der Waals surface area contributed by atoms with Crippen LogP contribution >= 0.6 is 11.3 Å². The molecule has 0 saturated heterocycles. The van der Waals surface area contributed by atoms with E-state index < -0.39 is 5.97 Å². The Kier molecular flexibility index (Phi) is 4.85. The largest absolute Gasteiger partial charge is 0.461 e. The number of hydrogen-bond acceptors (Lipinski definition) is 5. The number of aromatic nitrogens is 1. The molecule has 21 heavy (non-hydrogen) atoms. The smallest absolute Gasteiger partial charge is 0.358 e. The third-order valence-electron chi connectivity index (χ3n) is 2.94. The van der Waals surface area contributed by atoms with Gasteiger partial charge in [0.05, 0.1) is 11.6 Å². The zero-order valence-corrected chi connectivity index (χ0v) is 13.1. The lowest BCUT2D eigenvalue weighted by molar-refractivity contribution is 0.0517. The summed E-state index contributed by atoms with van der Waals surface area (Å²) in [6.45, 7) is 5.46. The van der Waals surface area contributed by atoms with Crippen molar-refractivity contribution in [1.82, 2.24) is 4.98 Å². The van der Waals surface area contributed by atoms with E-state index in [9.17, 15) is 9.59 Å². The summed E-state index contributed by atoms with van der Waals surface area (Å²) >= 11 is 1.26. The predicted molar refractivity (Wildman–Crippen MR) is 82.1 cm³/mol. The molecule has 4 nitrogen and oxygen atoms in total. The molecular formula is C16H17NO3S. The Balaban J connectivity index is 2.28. The van der Waals surface area contributed by atoms with E-state index in [-0.39, 0.29) is 18.1 Å². The number of carbonyl (C=O) groups is 2. The molecule has 2 aromatic rings. The summed E-state index contributed by atoms with van der Waals surface area (Å²) < 4.78 is 4.95. The molecule has 0 radical (unpaired) electrons. The fraction of sp³-hybridized carbons (Fsp3) is 0.312. The van der Waals surface area contributed by atoms with Crippen LogP contribution in [0.3, 0.4) is 0 Å². The summed E-state index contributed by atoms with van der Waals surface area (Å²) in [5.74, 6) is -0.695. The van der Waals surface area contributed by atoms with E-state index in [1.165, 1.54) is 23.8 Å². The van der Waals surface area contributed by atoms with Crippen molar-refractivity contribution in [1.29, 1.82) is 0 Å². The molecular weight excluding hydrogens is 286 g/mol. The zero-order chi connectivity index (χ0) is 15.4. The molecule has 5 heteroatoms. The maximum absolute atomic E-state index is 11.9. The van der Waals surface area contributed by atoms with Crippen molar-refractivity contribution in [2.75, 3.05) is 6.61 Å². The second-order valence-corrected chi connectivity index (χ2v) is 5.81. The van der Waals surface area contributed by atoms with Crippen LogP contribution in [0.15, 0.2) is 24.3 Å². The number of thiazole rings is 1. The number of hydrogen-bond donors (Lipinski definition) is 0. The van der Waals surface area contributed by atoms with Gasteiger partial charge in [0.2, 0.25) is 0 Å². The van der Waals surface area contributed by atoms with Gasteiger partial charge in [0.1, 0.15) is 4.88 Å². The minimum absolute atomic E-state index is 0.136. The van der Waals surface area contributed by atoms with E-state index in [0.717, 1.165) is 10.6 Å². The van der Waals surface area contributed by atoms with Crippen molar-refractivity contribution in [2.24, 2.45) is 0 Å². The van der Waals surface area contributed by atoms with Crippen LogP contribution in [0.25, 0.3) is 0 Å². The van der Waals surface area contributed by atoms with Crippen LogP contribution in [0.2, 0.25) is 0 Å². The molecule has 0 unspecified atom stereocenters. The lowest BCUT2D eigenvalue weighted by atomic mass is 10.1. The molecule has 0 saturated carbocycles. The molecule has 1 aromatic heterocycles. The molecule has 0 aliphatic heterocycles. The first-order chi connectivity index (χ1) is 10.0. The number of rotatable bonds is 5. The van der Waals surface area contributed by atoms with Gasteiger partial charge in [-0.15, -0.1) is 11.3 Å². The molecule has 110 valence electrons. The first-order valence-corrected chi connectivity index (χ1v) is 7.56. The Hall–Kier alpha value is -2.01. The summed E-state index contributed by atoms with van der Waals surface area (Å²) in [5, 5.41) is 0.743. The van der Waals surface area contributed by atoms with Crippen molar-refractivity contribution in [2.45, 2.75) is 27.2 Å². The molecule has 0 aliphatic rings. The van der Waals surface area contributed by atoms with Gasteiger partial charge in [0.25, 0.3) is 0 Å². The minimum atomic E-state index is -0.533. The van der Waals surface area contributed by atoms with Crippen molar-refractivity contribution >= 4 is 23.1 Å². The average molecular weight is 303 g/mol. The molecule has 0 aliphatic carbocycles. The first-order valence-electron chi connectivity index (χ1n) is 6.74. The molecule has 0 bridgehead atoms. The van der Waals surface area contributed by atoms with E-state index in [0.29, 0.717) is 11.3 Å². The summed E-state index contributed by atoms with van der Waals surface area (Å²) in [6, 6.07) is 8.10. The van der Waals surface area contributed by atoms with Gasteiger partial charge in [-0.2, -0.15) is 0 Å². The highest BCUT2D eigenvalue weighted by atomic mass is 32.1. The highest BCUT2D eigenvalue weighted by Crippen LogP contribution is 2.23. The highest BCUT2D eigenvalue weighted by Gasteiger charge is 2.22. The molecule has 0 atom stereocenters. The van der Waals surface area contributed by atoms with Gasteiger partial charge in [0, 0.05) is 13.3 Å².